The van der Waals surface area contributed by atoms with Crippen LogP contribution in [-0.2, 0) is 6.61 Å². The molecule has 0 spiro atoms. The van der Waals surface area contributed by atoms with Crippen molar-refractivity contribution in [1.29, 1.82) is 0 Å². The maximum atomic E-state index is 12.0. The maximum absolute atomic E-state index is 12.0. The molecule has 3 nitrogen and oxygen atoms in total. The molecule has 18 heavy (non-hydrogen) atoms. The zero-order valence-corrected chi connectivity index (χ0v) is 11.7. The number of halogens is 1. The van der Waals surface area contributed by atoms with Crippen LogP contribution in [-0.4, -0.2) is 11.0 Å². The summed E-state index contributed by atoms with van der Waals surface area (Å²) in [5.74, 6) is -0.134. The van der Waals surface area contributed by atoms with E-state index in [4.69, 9.17) is 5.11 Å². The second-order valence-electron chi connectivity index (χ2n) is 3.82. The first-order valence-electron chi connectivity index (χ1n) is 5.46. The Bertz CT molecular complexity index is 552. The van der Waals surface area contributed by atoms with Crippen LogP contribution in [0.4, 0.5) is 5.69 Å². The summed E-state index contributed by atoms with van der Waals surface area (Å²) in [6.45, 7) is 0.00507. The van der Waals surface area contributed by atoms with Gasteiger partial charge in [0.05, 0.1) is 6.61 Å². The largest absolute Gasteiger partial charge is 0.392 e. The summed E-state index contributed by atoms with van der Waals surface area (Å²) in [6.07, 6.45) is 0. The summed E-state index contributed by atoms with van der Waals surface area (Å²) in [5.41, 5.74) is 2.17. The van der Waals surface area contributed by atoms with Gasteiger partial charge in [-0.1, -0.05) is 18.2 Å². The standard InChI is InChI=1S/C14H12INO2/c15-12-3-1-2-11(8-12)14(18)16-13-6-4-10(9-17)5-7-13/h1-8,17H,9H2,(H,16,18). The number of aliphatic hydroxyl groups excluding tert-OH is 1. The van der Waals surface area contributed by atoms with Crippen molar-refractivity contribution in [2.24, 2.45) is 0 Å². The van der Waals surface area contributed by atoms with Gasteiger partial charge in [-0.15, -0.1) is 0 Å². The Kier molecular flexibility index (Phi) is 4.33. The van der Waals surface area contributed by atoms with Crippen molar-refractivity contribution >= 4 is 34.2 Å². The number of hydrogen-bond donors (Lipinski definition) is 2. The van der Waals surface area contributed by atoms with Crippen LogP contribution in [0, 0.1) is 3.57 Å². The van der Waals surface area contributed by atoms with Crippen molar-refractivity contribution < 1.29 is 9.90 Å². The highest BCUT2D eigenvalue weighted by molar-refractivity contribution is 14.1. The summed E-state index contributed by atoms with van der Waals surface area (Å²) in [6, 6.07) is 14.5. The second kappa shape index (κ2) is 5.97. The fourth-order valence-electron chi connectivity index (χ4n) is 1.53. The zero-order chi connectivity index (χ0) is 13.0. The molecule has 0 bridgehead atoms. The lowest BCUT2D eigenvalue weighted by Crippen LogP contribution is -2.11. The van der Waals surface area contributed by atoms with Crippen molar-refractivity contribution in [1.82, 2.24) is 0 Å². The molecule has 0 atom stereocenters. The minimum Gasteiger partial charge on any atom is -0.392 e. The first kappa shape index (κ1) is 13.0. The minimum absolute atomic E-state index is 0.00507. The topological polar surface area (TPSA) is 49.3 Å². The third kappa shape index (κ3) is 3.30. The Balaban J connectivity index is 2.11. The molecule has 0 unspecified atom stereocenters. The molecule has 0 fully saturated rings. The maximum Gasteiger partial charge on any atom is 0.255 e. The van der Waals surface area contributed by atoms with E-state index >= 15 is 0 Å². The van der Waals surface area contributed by atoms with Gasteiger partial charge in [0.2, 0.25) is 0 Å². The molecule has 0 aliphatic carbocycles. The van der Waals surface area contributed by atoms with Gasteiger partial charge in [-0.2, -0.15) is 0 Å². The van der Waals surface area contributed by atoms with E-state index in [9.17, 15) is 4.79 Å². The highest BCUT2D eigenvalue weighted by atomic mass is 127. The van der Waals surface area contributed by atoms with Crippen LogP contribution in [0.15, 0.2) is 48.5 Å². The van der Waals surface area contributed by atoms with E-state index in [0.717, 1.165) is 14.8 Å². The van der Waals surface area contributed by atoms with Gasteiger partial charge in [-0.05, 0) is 58.5 Å². The molecule has 2 rings (SSSR count). The summed E-state index contributed by atoms with van der Waals surface area (Å²) in [5, 5.41) is 11.7. The Labute approximate surface area is 119 Å². The number of benzene rings is 2. The molecule has 2 aromatic rings. The van der Waals surface area contributed by atoms with Gasteiger partial charge >= 0.3 is 0 Å². The van der Waals surface area contributed by atoms with Gasteiger partial charge in [0.25, 0.3) is 5.91 Å². The minimum atomic E-state index is -0.134. The highest BCUT2D eigenvalue weighted by Gasteiger charge is 2.05. The predicted molar refractivity (Wildman–Crippen MR) is 79.5 cm³/mol. The molecule has 0 heterocycles. The van der Waals surface area contributed by atoms with E-state index in [1.807, 2.05) is 18.2 Å². The fourth-order valence-corrected chi connectivity index (χ4v) is 2.07. The Morgan fingerprint density at radius 3 is 2.50 bits per heavy atom. The molecule has 2 aromatic carbocycles. The first-order valence-corrected chi connectivity index (χ1v) is 6.53. The lowest BCUT2D eigenvalue weighted by Gasteiger charge is -2.06. The predicted octanol–water partition coefficient (Wildman–Crippen LogP) is 3.04. The van der Waals surface area contributed by atoms with Crippen molar-refractivity contribution in [3.05, 3.63) is 63.2 Å². The average molecular weight is 353 g/mol. The summed E-state index contributed by atoms with van der Waals surface area (Å²) in [7, 11) is 0. The molecule has 0 radical (unpaired) electrons. The summed E-state index contributed by atoms with van der Waals surface area (Å²) >= 11 is 2.17. The normalized spacial score (nSPS) is 10.1. The molecular formula is C14H12INO2. The molecule has 0 aliphatic rings. The smallest absolute Gasteiger partial charge is 0.255 e. The molecule has 0 aliphatic heterocycles. The van der Waals surface area contributed by atoms with Gasteiger partial charge in [0.1, 0.15) is 0 Å². The van der Waals surface area contributed by atoms with Gasteiger partial charge in [-0.3, -0.25) is 4.79 Å². The third-order valence-electron chi connectivity index (χ3n) is 2.48. The number of hydrogen-bond acceptors (Lipinski definition) is 2. The van der Waals surface area contributed by atoms with Crippen LogP contribution in [0.25, 0.3) is 0 Å². The van der Waals surface area contributed by atoms with E-state index in [2.05, 4.69) is 27.9 Å². The van der Waals surface area contributed by atoms with Crippen molar-refractivity contribution in [3.8, 4) is 0 Å². The van der Waals surface area contributed by atoms with Crippen molar-refractivity contribution in [2.75, 3.05) is 5.32 Å². The number of aliphatic hydroxyl groups is 1. The first-order chi connectivity index (χ1) is 8.69. The molecular weight excluding hydrogens is 341 g/mol. The molecule has 92 valence electrons. The van der Waals surface area contributed by atoms with Crippen LogP contribution >= 0.6 is 22.6 Å². The second-order valence-corrected chi connectivity index (χ2v) is 5.07. The quantitative estimate of drug-likeness (QED) is 0.834. The summed E-state index contributed by atoms with van der Waals surface area (Å²) in [4.78, 5) is 12.0. The molecule has 0 saturated carbocycles. The van der Waals surface area contributed by atoms with Gasteiger partial charge < -0.3 is 10.4 Å². The molecule has 0 saturated heterocycles. The number of carbonyl (C=O) groups excluding carboxylic acids is 1. The van der Waals surface area contributed by atoms with Gasteiger partial charge in [-0.25, -0.2) is 0 Å². The lowest BCUT2D eigenvalue weighted by atomic mass is 10.2. The highest BCUT2D eigenvalue weighted by Crippen LogP contribution is 2.13. The fraction of sp³-hybridized carbons (Fsp3) is 0.0714. The Morgan fingerprint density at radius 2 is 1.89 bits per heavy atom. The van der Waals surface area contributed by atoms with Crippen LogP contribution in [0.5, 0.6) is 0 Å². The average Bonchev–Trinajstić information content (AvgIpc) is 2.39. The molecule has 0 aromatic heterocycles. The van der Waals surface area contributed by atoms with E-state index in [1.165, 1.54) is 0 Å². The van der Waals surface area contributed by atoms with Gasteiger partial charge in [0.15, 0.2) is 0 Å². The Hall–Kier alpha value is -1.40. The van der Waals surface area contributed by atoms with Crippen LogP contribution in [0.2, 0.25) is 0 Å². The van der Waals surface area contributed by atoms with Crippen LogP contribution in [0.3, 0.4) is 0 Å². The van der Waals surface area contributed by atoms with Crippen molar-refractivity contribution in [2.45, 2.75) is 6.61 Å². The number of carbonyl (C=O) groups is 1. The number of anilines is 1. The van der Waals surface area contributed by atoms with E-state index in [0.29, 0.717) is 5.56 Å². The molecule has 4 heteroatoms. The third-order valence-corrected chi connectivity index (χ3v) is 3.15. The van der Waals surface area contributed by atoms with E-state index in [1.54, 1.807) is 30.3 Å². The van der Waals surface area contributed by atoms with Crippen LogP contribution < -0.4 is 5.32 Å². The zero-order valence-electron chi connectivity index (χ0n) is 9.56. The molecule has 2 N–H and O–H groups in total. The van der Waals surface area contributed by atoms with Crippen molar-refractivity contribution in [3.63, 3.8) is 0 Å². The van der Waals surface area contributed by atoms with E-state index in [-0.39, 0.29) is 12.5 Å². The number of rotatable bonds is 3. The lowest BCUT2D eigenvalue weighted by molar-refractivity contribution is 0.102. The van der Waals surface area contributed by atoms with E-state index < -0.39 is 0 Å². The SMILES string of the molecule is O=C(Nc1ccc(CO)cc1)c1cccc(I)c1. The number of nitrogens with one attached hydrogen (secondary N) is 1. The number of amides is 1. The monoisotopic (exact) mass is 353 g/mol. The Morgan fingerprint density at radius 1 is 1.17 bits per heavy atom. The van der Waals surface area contributed by atoms with Gasteiger partial charge in [0, 0.05) is 14.8 Å². The molecule has 1 amide bonds. The summed E-state index contributed by atoms with van der Waals surface area (Å²) < 4.78 is 1.02. The van der Waals surface area contributed by atoms with Crippen LogP contribution in [0.1, 0.15) is 15.9 Å².